The van der Waals surface area contributed by atoms with Gasteiger partial charge in [0, 0.05) is 23.3 Å². The summed E-state index contributed by atoms with van der Waals surface area (Å²) in [5, 5.41) is 4.87. The number of ether oxygens (including phenoxy) is 1. The van der Waals surface area contributed by atoms with E-state index in [1.165, 1.54) is 6.33 Å². The van der Waals surface area contributed by atoms with E-state index < -0.39 is 5.41 Å². The molecule has 2 aromatic rings. The van der Waals surface area contributed by atoms with Gasteiger partial charge in [-0.25, -0.2) is 9.67 Å². The Morgan fingerprint density at radius 2 is 2.26 bits per heavy atom. The molecule has 0 amide bonds. The maximum atomic E-state index is 12.8. The van der Waals surface area contributed by atoms with Crippen LogP contribution in [-0.4, -0.2) is 26.7 Å². The van der Waals surface area contributed by atoms with E-state index in [4.69, 9.17) is 16.3 Å². The smallest absolute Gasteiger partial charge is 0.162 e. The van der Waals surface area contributed by atoms with E-state index in [0.717, 1.165) is 17.7 Å². The van der Waals surface area contributed by atoms with E-state index in [1.54, 1.807) is 11.0 Å². The van der Waals surface area contributed by atoms with Gasteiger partial charge in [0.25, 0.3) is 0 Å². The Hall–Kier alpha value is -1.88. The van der Waals surface area contributed by atoms with Gasteiger partial charge in [0.05, 0.1) is 0 Å². The van der Waals surface area contributed by atoms with Crippen LogP contribution >= 0.6 is 11.6 Å². The van der Waals surface area contributed by atoms with Gasteiger partial charge < -0.3 is 4.74 Å². The highest BCUT2D eigenvalue weighted by Gasteiger charge is 2.35. The second kappa shape index (κ2) is 5.96. The quantitative estimate of drug-likeness (QED) is 0.859. The number of hydrogen-bond acceptors (Lipinski definition) is 4. The maximum Gasteiger partial charge on any atom is 0.162 e. The van der Waals surface area contributed by atoms with Crippen LogP contribution < -0.4 is 4.74 Å². The minimum atomic E-state index is -0.453. The van der Waals surface area contributed by atoms with Crippen molar-refractivity contribution in [1.82, 2.24) is 14.8 Å². The molecule has 0 radical (unpaired) electrons. The van der Waals surface area contributed by atoms with E-state index in [-0.39, 0.29) is 17.9 Å². The minimum Gasteiger partial charge on any atom is -0.490 e. The third kappa shape index (κ3) is 3.39. The molecule has 3 rings (SSSR count). The Kier molecular flexibility index (Phi) is 4.15. The largest absolute Gasteiger partial charge is 0.490 e. The highest BCUT2D eigenvalue weighted by atomic mass is 35.5. The Balaban J connectivity index is 1.80. The monoisotopic (exact) mass is 333 g/mol. The molecule has 5 nitrogen and oxygen atoms in total. The molecule has 6 heteroatoms. The SMILES string of the molecule is CC(C)(C)C(=O)C(CC1Cc2cc(Cl)ccc2O1)n1cncn1. The highest BCUT2D eigenvalue weighted by molar-refractivity contribution is 6.30. The average Bonchev–Trinajstić information content (AvgIpc) is 3.11. The number of ketones is 1. The molecule has 0 spiro atoms. The van der Waals surface area contributed by atoms with Gasteiger partial charge >= 0.3 is 0 Å². The lowest BCUT2D eigenvalue weighted by Crippen LogP contribution is -2.34. The Morgan fingerprint density at radius 3 is 2.91 bits per heavy atom. The summed E-state index contributed by atoms with van der Waals surface area (Å²) >= 11 is 6.04. The molecule has 2 atom stereocenters. The first kappa shape index (κ1) is 16.0. The Labute approximate surface area is 140 Å². The van der Waals surface area contributed by atoms with Gasteiger partial charge in [0.1, 0.15) is 30.5 Å². The highest BCUT2D eigenvalue weighted by Crippen LogP contribution is 2.35. The molecule has 0 fully saturated rings. The van der Waals surface area contributed by atoms with Crippen LogP contribution in [0.5, 0.6) is 5.75 Å². The predicted molar refractivity (Wildman–Crippen MR) is 87.7 cm³/mol. The Bertz CT molecular complexity index is 707. The van der Waals surface area contributed by atoms with Gasteiger partial charge in [-0.05, 0) is 23.8 Å². The number of halogens is 1. The molecule has 1 aliphatic rings. The number of nitrogens with zero attached hydrogens (tertiary/aromatic N) is 3. The van der Waals surface area contributed by atoms with Crippen LogP contribution in [0, 0.1) is 5.41 Å². The van der Waals surface area contributed by atoms with Crippen molar-refractivity contribution in [3.8, 4) is 5.75 Å². The molecular weight excluding hydrogens is 314 g/mol. The minimum absolute atomic E-state index is 0.0658. The van der Waals surface area contributed by atoms with Crippen LogP contribution in [0.15, 0.2) is 30.9 Å². The third-order valence-electron chi connectivity index (χ3n) is 4.05. The van der Waals surface area contributed by atoms with Crippen LogP contribution in [0.3, 0.4) is 0 Å². The molecule has 2 unspecified atom stereocenters. The fraction of sp³-hybridized carbons (Fsp3) is 0.471. The molecule has 1 aliphatic heterocycles. The van der Waals surface area contributed by atoms with Crippen molar-refractivity contribution >= 4 is 17.4 Å². The van der Waals surface area contributed by atoms with Crippen molar-refractivity contribution in [2.24, 2.45) is 5.41 Å². The van der Waals surface area contributed by atoms with Crippen molar-refractivity contribution in [2.75, 3.05) is 0 Å². The molecule has 1 aromatic carbocycles. The van der Waals surface area contributed by atoms with Gasteiger partial charge in [-0.1, -0.05) is 32.4 Å². The zero-order chi connectivity index (χ0) is 16.6. The van der Waals surface area contributed by atoms with Crippen LogP contribution in [0.2, 0.25) is 5.02 Å². The zero-order valence-electron chi connectivity index (χ0n) is 13.5. The molecule has 0 bridgehead atoms. The number of benzene rings is 1. The second-order valence-electron chi connectivity index (χ2n) is 6.94. The number of carbonyl (C=O) groups excluding carboxylic acids is 1. The van der Waals surface area contributed by atoms with Crippen molar-refractivity contribution in [3.05, 3.63) is 41.4 Å². The third-order valence-corrected chi connectivity index (χ3v) is 4.28. The second-order valence-corrected chi connectivity index (χ2v) is 7.37. The number of rotatable bonds is 4. The topological polar surface area (TPSA) is 57.0 Å². The van der Waals surface area contributed by atoms with Gasteiger partial charge in [-0.15, -0.1) is 0 Å². The summed E-state index contributed by atoms with van der Waals surface area (Å²) in [6.07, 6.45) is 4.29. The normalized spacial score (nSPS) is 18.3. The number of Topliss-reactive ketones (excluding diaryl/α,β-unsaturated/α-hetero) is 1. The average molecular weight is 334 g/mol. The fourth-order valence-electron chi connectivity index (χ4n) is 2.88. The molecule has 23 heavy (non-hydrogen) atoms. The van der Waals surface area contributed by atoms with Crippen LogP contribution in [-0.2, 0) is 11.2 Å². The van der Waals surface area contributed by atoms with Gasteiger partial charge in [-0.3, -0.25) is 4.79 Å². The molecule has 0 aliphatic carbocycles. The summed E-state index contributed by atoms with van der Waals surface area (Å²) in [6, 6.07) is 5.24. The predicted octanol–water partition coefficient (Wildman–Crippen LogP) is 3.48. The van der Waals surface area contributed by atoms with E-state index in [2.05, 4.69) is 10.1 Å². The fourth-order valence-corrected chi connectivity index (χ4v) is 3.08. The van der Waals surface area contributed by atoms with Crippen molar-refractivity contribution in [2.45, 2.75) is 45.8 Å². The van der Waals surface area contributed by atoms with E-state index in [9.17, 15) is 4.79 Å². The van der Waals surface area contributed by atoms with Gasteiger partial charge in [0.2, 0.25) is 0 Å². The van der Waals surface area contributed by atoms with Gasteiger partial charge in [-0.2, -0.15) is 5.10 Å². The van der Waals surface area contributed by atoms with Crippen molar-refractivity contribution in [1.29, 1.82) is 0 Å². The van der Waals surface area contributed by atoms with E-state index in [0.29, 0.717) is 11.4 Å². The first-order chi connectivity index (χ1) is 10.8. The van der Waals surface area contributed by atoms with Crippen LogP contribution in [0.25, 0.3) is 0 Å². The molecule has 0 saturated carbocycles. The molecular formula is C17H20ClN3O2. The molecule has 2 heterocycles. The Morgan fingerprint density at radius 1 is 1.48 bits per heavy atom. The molecule has 1 aromatic heterocycles. The van der Waals surface area contributed by atoms with Crippen molar-refractivity contribution in [3.63, 3.8) is 0 Å². The van der Waals surface area contributed by atoms with E-state index in [1.807, 2.05) is 39.0 Å². The molecule has 122 valence electrons. The van der Waals surface area contributed by atoms with E-state index >= 15 is 0 Å². The first-order valence-electron chi connectivity index (χ1n) is 7.68. The van der Waals surface area contributed by atoms with Crippen LogP contribution in [0.1, 0.15) is 38.8 Å². The molecule has 0 N–H and O–H groups in total. The number of aromatic nitrogens is 3. The lowest BCUT2D eigenvalue weighted by Gasteiger charge is -2.26. The number of carbonyl (C=O) groups is 1. The summed E-state index contributed by atoms with van der Waals surface area (Å²) in [5.74, 6) is 0.973. The summed E-state index contributed by atoms with van der Waals surface area (Å²) in [7, 11) is 0. The number of hydrogen-bond donors (Lipinski definition) is 0. The van der Waals surface area contributed by atoms with Crippen molar-refractivity contribution < 1.29 is 9.53 Å². The summed E-state index contributed by atoms with van der Waals surface area (Å²) in [4.78, 5) is 16.8. The first-order valence-corrected chi connectivity index (χ1v) is 8.06. The molecule has 0 saturated heterocycles. The van der Waals surface area contributed by atoms with Crippen LogP contribution in [0.4, 0.5) is 0 Å². The maximum absolute atomic E-state index is 12.8. The number of fused-ring (bicyclic) bond motifs is 1. The zero-order valence-corrected chi connectivity index (χ0v) is 14.2. The summed E-state index contributed by atoms with van der Waals surface area (Å²) in [6.45, 7) is 5.76. The summed E-state index contributed by atoms with van der Waals surface area (Å²) in [5.41, 5.74) is 0.633. The van der Waals surface area contributed by atoms with Gasteiger partial charge in [0.15, 0.2) is 5.78 Å². The summed E-state index contributed by atoms with van der Waals surface area (Å²) < 4.78 is 7.61. The lowest BCUT2D eigenvalue weighted by atomic mass is 9.84. The lowest BCUT2D eigenvalue weighted by molar-refractivity contribution is -0.130. The standard InChI is InChI=1S/C17H20ClN3O2/c1-17(2,3)16(22)14(21-10-19-9-20-21)8-13-7-11-6-12(18)4-5-15(11)23-13/h4-6,9-10,13-14H,7-8H2,1-3H3.